The molecule has 0 unspecified atom stereocenters. The Morgan fingerprint density at radius 3 is 2.50 bits per heavy atom. The molecule has 2 amide bonds. The Balaban J connectivity index is 2.11. The fraction of sp³-hybridized carbons (Fsp3) is 0.526. The number of aryl methyl sites for hydroxylation is 1. The maximum absolute atomic E-state index is 12.9. The Bertz CT molecular complexity index is 736. The van der Waals surface area contributed by atoms with Crippen molar-refractivity contribution >= 4 is 29.5 Å². The van der Waals surface area contributed by atoms with Gasteiger partial charge in [-0.25, -0.2) is 4.79 Å². The molecule has 2 saturated heterocycles. The lowest BCUT2D eigenvalue weighted by Crippen LogP contribution is -2.98. The van der Waals surface area contributed by atoms with Crippen molar-refractivity contribution in [3.63, 3.8) is 0 Å². The van der Waals surface area contributed by atoms with E-state index in [1.54, 1.807) is 11.8 Å². The number of benzene rings is 1. The number of imide groups is 1. The van der Waals surface area contributed by atoms with E-state index in [9.17, 15) is 14.4 Å². The molecule has 0 aromatic heterocycles. The first-order valence-electron chi connectivity index (χ1n) is 8.68. The van der Waals surface area contributed by atoms with E-state index < -0.39 is 23.3 Å². The van der Waals surface area contributed by atoms with Gasteiger partial charge in [0.2, 0.25) is 17.4 Å². The van der Waals surface area contributed by atoms with Gasteiger partial charge >= 0.3 is 5.97 Å². The zero-order valence-corrected chi connectivity index (χ0v) is 16.3. The summed E-state index contributed by atoms with van der Waals surface area (Å²) < 4.78 is 5.10. The lowest BCUT2D eigenvalue weighted by Gasteiger charge is -2.28. The number of ether oxygens (including phenoxy) is 1. The largest absolute Gasteiger partial charge is 0.464 e. The predicted octanol–water partition coefficient (Wildman–Crippen LogP) is 0.509. The highest BCUT2D eigenvalue weighted by Crippen LogP contribution is 2.45. The molecule has 140 valence electrons. The smallest absolute Gasteiger partial charge is 0.368 e. The Hall–Kier alpha value is -1.86. The van der Waals surface area contributed by atoms with Crippen molar-refractivity contribution in [3.8, 4) is 0 Å². The topological polar surface area (TPSA) is 80.3 Å². The molecular weight excluding hydrogens is 352 g/mol. The van der Waals surface area contributed by atoms with Crippen LogP contribution in [0.5, 0.6) is 0 Å². The van der Waals surface area contributed by atoms with Crippen molar-refractivity contribution in [3.05, 3.63) is 35.4 Å². The van der Waals surface area contributed by atoms with E-state index in [0.29, 0.717) is 12.2 Å². The third kappa shape index (κ3) is 2.74. The maximum atomic E-state index is 12.9. The number of quaternary nitrogens is 1. The monoisotopic (exact) mass is 377 g/mol. The molecule has 7 heteroatoms. The molecule has 1 aromatic rings. The fourth-order valence-corrected chi connectivity index (χ4v) is 4.90. The summed E-state index contributed by atoms with van der Waals surface area (Å²) in [6.07, 6.45) is 2.44. The number of thioether (sulfide) groups is 1. The molecule has 0 saturated carbocycles. The summed E-state index contributed by atoms with van der Waals surface area (Å²) in [7, 11) is 2.85. The minimum atomic E-state index is -1.06. The second-order valence-electron chi connectivity index (χ2n) is 7.12. The molecule has 0 radical (unpaired) electrons. The van der Waals surface area contributed by atoms with Gasteiger partial charge in [0, 0.05) is 19.0 Å². The zero-order valence-electron chi connectivity index (χ0n) is 15.5. The lowest BCUT2D eigenvalue weighted by atomic mass is 9.78. The molecule has 26 heavy (non-hydrogen) atoms. The zero-order chi connectivity index (χ0) is 19.1. The van der Waals surface area contributed by atoms with Crippen LogP contribution in [0.2, 0.25) is 0 Å². The van der Waals surface area contributed by atoms with E-state index in [1.807, 2.05) is 42.8 Å². The van der Waals surface area contributed by atoms with Crippen LogP contribution in [-0.4, -0.2) is 54.4 Å². The van der Waals surface area contributed by atoms with Crippen LogP contribution in [0.3, 0.4) is 0 Å². The van der Waals surface area contributed by atoms with Gasteiger partial charge in [0.05, 0.1) is 7.11 Å². The SMILES string of the molecule is COC(=O)[C@@]1(CCSC)[NH2+][C@@H](c2ccc(C)cc2)[C@H]2C(=O)N(C)C(=O)[C@H]21. The van der Waals surface area contributed by atoms with Crippen LogP contribution in [0.4, 0.5) is 0 Å². The minimum absolute atomic E-state index is 0.211. The van der Waals surface area contributed by atoms with Crippen LogP contribution >= 0.6 is 11.8 Å². The highest BCUT2D eigenvalue weighted by atomic mass is 32.2. The molecule has 2 aliphatic rings. The summed E-state index contributed by atoms with van der Waals surface area (Å²) in [6.45, 7) is 2.00. The maximum Gasteiger partial charge on any atom is 0.368 e. The molecule has 0 bridgehead atoms. The fourth-order valence-electron chi connectivity index (χ4n) is 4.36. The van der Waals surface area contributed by atoms with Crippen LogP contribution in [-0.2, 0) is 19.1 Å². The van der Waals surface area contributed by atoms with Crippen molar-refractivity contribution < 1.29 is 24.4 Å². The number of nitrogens with two attached hydrogens (primary N) is 1. The molecule has 3 rings (SSSR count). The summed E-state index contributed by atoms with van der Waals surface area (Å²) >= 11 is 1.61. The number of methoxy groups -OCH3 is 1. The molecular formula is C19H25N2O4S+. The van der Waals surface area contributed by atoms with Gasteiger partial charge in [-0.05, 0) is 18.9 Å². The first kappa shape index (κ1) is 18.9. The number of nitrogens with zero attached hydrogens (tertiary/aromatic N) is 1. The quantitative estimate of drug-likeness (QED) is 0.597. The van der Waals surface area contributed by atoms with Crippen LogP contribution in [0.25, 0.3) is 0 Å². The van der Waals surface area contributed by atoms with E-state index in [-0.39, 0.29) is 17.9 Å². The van der Waals surface area contributed by atoms with Crippen LogP contribution < -0.4 is 5.32 Å². The van der Waals surface area contributed by atoms with Gasteiger partial charge in [-0.1, -0.05) is 29.8 Å². The van der Waals surface area contributed by atoms with E-state index in [1.165, 1.54) is 19.1 Å². The summed E-state index contributed by atoms with van der Waals surface area (Å²) in [5, 5.41) is 1.91. The van der Waals surface area contributed by atoms with Crippen LogP contribution in [0.1, 0.15) is 23.6 Å². The van der Waals surface area contributed by atoms with Gasteiger partial charge in [-0.15, -0.1) is 0 Å². The third-order valence-corrected chi connectivity index (χ3v) is 6.35. The summed E-state index contributed by atoms with van der Waals surface area (Å²) in [5.41, 5.74) is 1.02. The second-order valence-corrected chi connectivity index (χ2v) is 8.10. The van der Waals surface area contributed by atoms with Gasteiger partial charge in [-0.2, -0.15) is 11.8 Å². The molecule has 2 heterocycles. The number of carbonyl (C=O) groups excluding carboxylic acids is 3. The van der Waals surface area contributed by atoms with Gasteiger partial charge in [0.15, 0.2) is 0 Å². The summed E-state index contributed by atoms with van der Waals surface area (Å²) in [4.78, 5) is 39.8. The third-order valence-electron chi connectivity index (χ3n) is 5.74. The molecule has 1 aromatic carbocycles. The van der Waals surface area contributed by atoms with E-state index in [4.69, 9.17) is 4.74 Å². The number of esters is 1. The number of carbonyl (C=O) groups is 3. The number of amides is 2. The Kier molecular flexibility index (Phi) is 5.12. The number of fused-ring (bicyclic) bond motifs is 1. The van der Waals surface area contributed by atoms with Crippen molar-refractivity contribution in [1.29, 1.82) is 0 Å². The molecule has 4 atom stereocenters. The van der Waals surface area contributed by atoms with E-state index in [2.05, 4.69) is 0 Å². The Morgan fingerprint density at radius 1 is 1.27 bits per heavy atom. The number of rotatable bonds is 5. The number of hydrogen-bond acceptors (Lipinski definition) is 5. The number of hydrogen-bond donors (Lipinski definition) is 1. The minimum Gasteiger partial charge on any atom is -0.464 e. The van der Waals surface area contributed by atoms with Gasteiger partial charge in [-0.3, -0.25) is 14.5 Å². The highest BCUT2D eigenvalue weighted by molar-refractivity contribution is 7.98. The molecule has 0 spiro atoms. The van der Waals surface area contributed by atoms with Crippen LogP contribution in [0.15, 0.2) is 24.3 Å². The summed E-state index contributed by atoms with van der Waals surface area (Å²) in [6, 6.07) is 7.66. The normalized spacial score (nSPS) is 30.6. The van der Waals surface area contributed by atoms with Crippen LogP contribution in [0, 0.1) is 18.8 Å². The van der Waals surface area contributed by atoms with Gasteiger partial charge < -0.3 is 10.1 Å². The number of likely N-dealkylation sites (tertiary alicyclic amines) is 1. The molecule has 6 nitrogen and oxygen atoms in total. The average Bonchev–Trinajstić information content (AvgIpc) is 3.10. The van der Waals surface area contributed by atoms with Crippen molar-refractivity contribution in [1.82, 2.24) is 4.90 Å². The van der Waals surface area contributed by atoms with Crippen molar-refractivity contribution in [2.24, 2.45) is 11.8 Å². The molecule has 2 aliphatic heterocycles. The Morgan fingerprint density at radius 2 is 1.92 bits per heavy atom. The first-order chi connectivity index (χ1) is 12.4. The van der Waals surface area contributed by atoms with Crippen molar-refractivity contribution in [2.45, 2.75) is 24.9 Å². The lowest BCUT2D eigenvalue weighted by molar-refractivity contribution is -0.734. The standard InChI is InChI=1S/C19H24N2O4S/c1-11-5-7-12(8-6-11)15-13-14(17(23)21(2)16(13)22)19(20-15,9-10-26-4)18(24)25-3/h5-8,13-15,20H,9-10H2,1-4H3/p+1/t13-,14-,15-,19-/m0/s1. The Labute approximate surface area is 157 Å². The van der Waals surface area contributed by atoms with Crippen molar-refractivity contribution in [2.75, 3.05) is 26.2 Å². The molecule has 0 aliphatic carbocycles. The first-order valence-corrected chi connectivity index (χ1v) is 10.1. The van der Waals surface area contributed by atoms with E-state index in [0.717, 1.165) is 11.1 Å². The molecule has 2 N–H and O–H groups in total. The second kappa shape index (κ2) is 7.04. The predicted molar refractivity (Wildman–Crippen MR) is 98.3 cm³/mol. The van der Waals surface area contributed by atoms with Gasteiger partial charge in [0.25, 0.3) is 0 Å². The highest BCUT2D eigenvalue weighted by Gasteiger charge is 2.71. The average molecular weight is 377 g/mol. The van der Waals surface area contributed by atoms with Gasteiger partial charge in [0.1, 0.15) is 17.9 Å². The summed E-state index contributed by atoms with van der Waals surface area (Å²) in [5.74, 6) is -1.44. The van der Waals surface area contributed by atoms with E-state index >= 15 is 0 Å². The molecule has 2 fully saturated rings.